The van der Waals surface area contributed by atoms with Gasteiger partial charge in [-0.1, -0.05) is 18.2 Å². The van der Waals surface area contributed by atoms with E-state index in [0.717, 1.165) is 64.9 Å². The molecular formula is C20H19BrN6O. The first-order chi connectivity index (χ1) is 13.7. The minimum Gasteiger partial charge on any atom is -0.378 e. The fourth-order valence-corrected chi connectivity index (χ4v) is 3.87. The van der Waals surface area contributed by atoms with Crippen LogP contribution in [0, 0.1) is 0 Å². The van der Waals surface area contributed by atoms with Gasteiger partial charge in [0.2, 0.25) is 0 Å². The maximum Gasteiger partial charge on any atom is 0.159 e. The Balaban J connectivity index is 1.63. The van der Waals surface area contributed by atoms with E-state index in [1.54, 1.807) is 0 Å². The van der Waals surface area contributed by atoms with E-state index in [0.29, 0.717) is 0 Å². The Hall–Kier alpha value is -2.71. The molecule has 1 aromatic carbocycles. The van der Waals surface area contributed by atoms with E-state index in [2.05, 4.69) is 55.3 Å². The van der Waals surface area contributed by atoms with Crippen LogP contribution in [0.2, 0.25) is 0 Å². The normalized spacial score (nSPS) is 14.7. The van der Waals surface area contributed by atoms with Gasteiger partial charge in [0.05, 0.1) is 24.6 Å². The van der Waals surface area contributed by atoms with Crippen molar-refractivity contribution >= 4 is 27.4 Å². The molecule has 8 heteroatoms. The smallest absolute Gasteiger partial charge is 0.159 e. The van der Waals surface area contributed by atoms with Crippen LogP contribution in [-0.4, -0.2) is 50.7 Å². The highest BCUT2D eigenvalue weighted by atomic mass is 79.9. The molecule has 7 nitrogen and oxygen atoms in total. The highest BCUT2D eigenvalue weighted by Gasteiger charge is 2.18. The average molecular weight is 439 g/mol. The van der Waals surface area contributed by atoms with Crippen molar-refractivity contribution in [2.45, 2.75) is 0 Å². The average Bonchev–Trinajstić information content (AvgIpc) is 3.32. The summed E-state index contributed by atoms with van der Waals surface area (Å²) in [6.45, 7) is 3.11. The van der Waals surface area contributed by atoms with Crippen molar-refractivity contribution in [3.8, 4) is 22.5 Å². The number of rotatable bonds is 3. The minimum absolute atomic E-state index is 0.719. The number of morpholine rings is 1. The van der Waals surface area contributed by atoms with Gasteiger partial charge < -0.3 is 9.64 Å². The summed E-state index contributed by atoms with van der Waals surface area (Å²) in [6.07, 6.45) is 1.95. The molecule has 3 aromatic heterocycles. The molecule has 0 atom stereocenters. The molecule has 0 spiro atoms. The van der Waals surface area contributed by atoms with Crippen molar-refractivity contribution < 1.29 is 4.74 Å². The van der Waals surface area contributed by atoms with Gasteiger partial charge in [0.1, 0.15) is 10.4 Å². The summed E-state index contributed by atoms with van der Waals surface area (Å²) >= 11 is 3.48. The van der Waals surface area contributed by atoms with Gasteiger partial charge in [-0.05, 0) is 28.1 Å². The maximum atomic E-state index is 5.51. The molecule has 4 heterocycles. The van der Waals surface area contributed by atoms with Crippen LogP contribution in [0.4, 0.5) is 5.82 Å². The summed E-state index contributed by atoms with van der Waals surface area (Å²) in [5.74, 6) is 1.03. The van der Waals surface area contributed by atoms with Crippen molar-refractivity contribution in [1.82, 2.24) is 24.4 Å². The van der Waals surface area contributed by atoms with E-state index in [9.17, 15) is 0 Å². The van der Waals surface area contributed by atoms with Crippen LogP contribution in [-0.2, 0) is 11.8 Å². The SMILES string of the molecule is Cn1ccc(-c2cccc(-c3cc(N4CCOCC4)n4nc(Br)cc4n3)c2)n1. The molecule has 28 heavy (non-hydrogen) atoms. The number of aromatic nitrogens is 5. The molecule has 4 aromatic rings. The Morgan fingerprint density at radius 3 is 2.50 bits per heavy atom. The zero-order chi connectivity index (χ0) is 19.1. The Kier molecular flexibility index (Phi) is 4.37. The van der Waals surface area contributed by atoms with Gasteiger partial charge >= 0.3 is 0 Å². The maximum absolute atomic E-state index is 5.51. The van der Waals surface area contributed by atoms with Gasteiger partial charge in [-0.2, -0.15) is 14.7 Å². The summed E-state index contributed by atoms with van der Waals surface area (Å²) in [7, 11) is 1.93. The van der Waals surface area contributed by atoms with Gasteiger partial charge in [0, 0.05) is 49.6 Å². The predicted molar refractivity (Wildman–Crippen MR) is 111 cm³/mol. The number of ether oxygens (including phenoxy) is 1. The Morgan fingerprint density at radius 2 is 1.75 bits per heavy atom. The molecule has 1 aliphatic rings. The predicted octanol–water partition coefficient (Wildman–Crippen LogP) is 3.40. The van der Waals surface area contributed by atoms with Crippen LogP contribution >= 0.6 is 15.9 Å². The first-order valence-corrected chi connectivity index (χ1v) is 9.96. The summed E-state index contributed by atoms with van der Waals surface area (Å²) in [5.41, 5.74) is 4.80. The first kappa shape index (κ1) is 17.4. The minimum atomic E-state index is 0.719. The highest BCUT2D eigenvalue weighted by Crippen LogP contribution is 2.29. The van der Waals surface area contributed by atoms with Gasteiger partial charge in [-0.3, -0.25) is 4.68 Å². The van der Waals surface area contributed by atoms with Gasteiger partial charge in [0.25, 0.3) is 0 Å². The number of hydrogen-bond acceptors (Lipinski definition) is 5. The standard InChI is InChI=1S/C20H19BrN6O/c1-25-6-5-16(23-25)14-3-2-4-15(11-14)17-12-20(26-7-9-28-10-8-26)27-19(22-17)13-18(21)24-27/h2-6,11-13H,7-10H2,1H3. The third-order valence-corrected chi connectivity index (χ3v) is 5.27. The van der Waals surface area contributed by atoms with Gasteiger partial charge in [-0.15, -0.1) is 0 Å². The molecule has 0 radical (unpaired) electrons. The number of hydrogen-bond donors (Lipinski definition) is 0. The molecular weight excluding hydrogens is 420 g/mol. The molecule has 0 aliphatic carbocycles. The molecule has 142 valence electrons. The van der Waals surface area contributed by atoms with Crippen molar-refractivity contribution in [2.75, 3.05) is 31.2 Å². The van der Waals surface area contributed by atoms with E-state index in [1.807, 2.05) is 40.6 Å². The monoisotopic (exact) mass is 438 g/mol. The molecule has 1 aliphatic heterocycles. The first-order valence-electron chi connectivity index (χ1n) is 9.17. The summed E-state index contributed by atoms with van der Waals surface area (Å²) in [4.78, 5) is 7.14. The number of anilines is 1. The lowest BCUT2D eigenvalue weighted by molar-refractivity contribution is 0.122. The van der Waals surface area contributed by atoms with Crippen LogP contribution in [0.15, 0.2) is 53.3 Å². The summed E-state index contributed by atoms with van der Waals surface area (Å²) in [6, 6.07) is 14.4. The van der Waals surface area contributed by atoms with E-state index >= 15 is 0 Å². The van der Waals surface area contributed by atoms with Crippen LogP contribution in [0.3, 0.4) is 0 Å². The molecule has 0 bridgehead atoms. The van der Waals surface area contributed by atoms with E-state index < -0.39 is 0 Å². The molecule has 0 saturated carbocycles. The number of fused-ring (bicyclic) bond motifs is 1. The zero-order valence-electron chi connectivity index (χ0n) is 15.4. The van der Waals surface area contributed by atoms with Crippen molar-refractivity contribution in [3.05, 3.63) is 53.3 Å². The molecule has 0 unspecified atom stereocenters. The lowest BCUT2D eigenvalue weighted by atomic mass is 10.1. The molecule has 5 rings (SSSR count). The highest BCUT2D eigenvalue weighted by molar-refractivity contribution is 9.10. The van der Waals surface area contributed by atoms with E-state index in [1.165, 1.54) is 0 Å². The van der Waals surface area contributed by atoms with E-state index in [-0.39, 0.29) is 0 Å². The Labute approximate surface area is 170 Å². The molecule has 0 N–H and O–H groups in total. The lowest BCUT2D eigenvalue weighted by Crippen LogP contribution is -2.37. The van der Waals surface area contributed by atoms with Crippen LogP contribution in [0.25, 0.3) is 28.2 Å². The summed E-state index contributed by atoms with van der Waals surface area (Å²) < 4.78 is 9.99. The molecule has 0 amide bonds. The summed E-state index contributed by atoms with van der Waals surface area (Å²) in [5, 5.41) is 9.08. The second kappa shape index (κ2) is 7.03. The van der Waals surface area contributed by atoms with Crippen LogP contribution in [0.5, 0.6) is 0 Å². The molecule has 1 fully saturated rings. The van der Waals surface area contributed by atoms with Crippen molar-refractivity contribution in [2.24, 2.45) is 7.05 Å². The fourth-order valence-electron chi connectivity index (χ4n) is 3.50. The third-order valence-electron chi connectivity index (χ3n) is 4.88. The number of benzene rings is 1. The van der Waals surface area contributed by atoms with Gasteiger partial charge in [0.15, 0.2) is 5.65 Å². The Bertz CT molecular complexity index is 1140. The molecule has 1 saturated heterocycles. The number of halogens is 1. The number of nitrogens with zero attached hydrogens (tertiary/aromatic N) is 6. The van der Waals surface area contributed by atoms with Crippen LogP contribution in [0.1, 0.15) is 0 Å². The van der Waals surface area contributed by atoms with Crippen LogP contribution < -0.4 is 4.90 Å². The second-order valence-corrected chi connectivity index (χ2v) is 7.60. The number of aryl methyl sites for hydroxylation is 1. The largest absolute Gasteiger partial charge is 0.378 e. The lowest BCUT2D eigenvalue weighted by Gasteiger charge is -2.29. The topological polar surface area (TPSA) is 60.5 Å². The fraction of sp³-hybridized carbons (Fsp3) is 0.250. The third kappa shape index (κ3) is 3.18. The Morgan fingerprint density at radius 1 is 0.964 bits per heavy atom. The van der Waals surface area contributed by atoms with E-state index in [4.69, 9.17) is 9.72 Å². The zero-order valence-corrected chi connectivity index (χ0v) is 17.0. The van der Waals surface area contributed by atoms with Crippen molar-refractivity contribution in [1.29, 1.82) is 0 Å². The van der Waals surface area contributed by atoms with Crippen molar-refractivity contribution in [3.63, 3.8) is 0 Å². The van der Waals surface area contributed by atoms with Gasteiger partial charge in [-0.25, -0.2) is 4.98 Å². The second-order valence-electron chi connectivity index (χ2n) is 6.79. The quantitative estimate of drug-likeness (QED) is 0.490.